The van der Waals surface area contributed by atoms with E-state index in [4.69, 9.17) is 9.84 Å². The Morgan fingerprint density at radius 3 is 2.65 bits per heavy atom. The quantitative estimate of drug-likeness (QED) is 0.788. The molecule has 1 N–H and O–H groups in total. The number of rotatable bonds is 4. The first kappa shape index (κ1) is 12.4. The molecule has 0 radical (unpaired) electrons. The molecule has 0 aromatic heterocycles. The molecule has 0 spiro atoms. The van der Waals surface area contributed by atoms with Crippen molar-refractivity contribution >= 4 is 11.9 Å². The van der Waals surface area contributed by atoms with Gasteiger partial charge in [0.15, 0.2) is 0 Å². The molecule has 1 unspecified atom stereocenters. The Morgan fingerprint density at radius 1 is 1.35 bits per heavy atom. The lowest BCUT2D eigenvalue weighted by Crippen LogP contribution is -2.38. The van der Waals surface area contributed by atoms with Crippen LogP contribution in [0.15, 0.2) is 0 Å². The van der Waals surface area contributed by atoms with Gasteiger partial charge in [-0.2, -0.15) is 0 Å². The Morgan fingerprint density at radius 2 is 2.12 bits per heavy atom. The molecule has 2 rings (SSSR count). The number of aliphatic carboxylic acids is 1. The van der Waals surface area contributed by atoms with Crippen molar-refractivity contribution in [3.63, 3.8) is 0 Å². The van der Waals surface area contributed by atoms with E-state index in [1.54, 1.807) is 11.9 Å². The van der Waals surface area contributed by atoms with Crippen LogP contribution in [0, 0.1) is 11.8 Å². The second-order valence-electron chi connectivity index (χ2n) is 4.99. The number of likely N-dealkylation sites (N-methyl/N-ethyl adjacent to an activating group) is 1. The molecule has 5 heteroatoms. The van der Waals surface area contributed by atoms with E-state index in [1.165, 1.54) is 0 Å². The molecular formula is C12H19NO4. The normalized spacial score (nSPS) is 31.9. The van der Waals surface area contributed by atoms with Gasteiger partial charge in [-0.05, 0) is 25.7 Å². The molecule has 3 atom stereocenters. The number of carboxylic acid groups (broad SMARTS) is 1. The zero-order valence-corrected chi connectivity index (χ0v) is 10.1. The molecule has 0 bridgehead atoms. The summed E-state index contributed by atoms with van der Waals surface area (Å²) in [6, 6.07) is 0. The lowest BCUT2D eigenvalue weighted by Gasteiger charge is -2.27. The fourth-order valence-corrected chi connectivity index (χ4v) is 2.37. The van der Waals surface area contributed by atoms with Crippen LogP contribution in [-0.4, -0.2) is 48.2 Å². The zero-order valence-electron chi connectivity index (χ0n) is 10.1. The topological polar surface area (TPSA) is 66.8 Å². The first-order valence-electron chi connectivity index (χ1n) is 6.19. The summed E-state index contributed by atoms with van der Waals surface area (Å²) in [5.74, 6) is -1.67. The number of hydrogen-bond donors (Lipinski definition) is 1. The van der Waals surface area contributed by atoms with Crippen molar-refractivity contribution in [3.8, 4) is 0 Å². The third kappa shape index (κ3) is 2.97. The largest absolute Gasteiger partial charge is 0.481 e. The van der Waals surface area contributed by atoms with E-state index in [-0.39, 0.29) is 17.9 Å². The first-order valence-corrected chi connectivity index (χ1v) is 6.19. The highest BCUT2D eigenvalue weighted by Gasteiger charge is 2.49. The van der Waals surface area contributed by atoms with Crippen LogP contribution in [0.1, 0.15) is 25.7 Å². The lowest BCUT2D eigenvalue weighted by molar-refractivity contribution is -0.142. The summed E-state index contributed by atoms with van der Waals surface area (Å²) in [5, 5.41) is 8.78. The number of carbonyl (C=O) groups is 2. The van der Waals surface area contributed by atoms with Gasteiger partial charge in [0.05, 0.1) is 17.9 Å². The van der Waals surface area contributed by atoms with Crippen molar-refractivity contribution in [2.45, 2.75) is 31.8 Å². The Kier molecular flexibility index (Phi) is 3.66. The maximum Gasteiger partial charge on any atom is 0.307 e. The monoisotopic (exact) mass is 241 g/mol. The molecule has 5 nitrogen and oxygen atoms in total. The molecular weight excluding hydrogens is 222 g/mol. The Balaban J connectivity index is 1.77. The average Bonchev–Trinajstić information content (AvgIpc) is 3.09. The van der Waals surface area contributed by atoms with Gasteiger partial charge in [-0.3, -0.25) is 9.59 Å². The molecule has 1 heterocycles. The molecule has 17 heavy (non-hydrogen) atoms. The Bertz CT molecular complexity index is 312. The van der Waals surface area contributed by atoms with Gasteiger partial charge in [-0.15, -0.1) is 0 Å². The van der Waals surface area contributed by atoms with Crippen molar-refractivity contribution in [1.82, 2.24) is 4.90 Å². The SMILES string of the molecule is CN(CC1CCCCO1)C(=O)[C@@H]1C[C@@H]1C(=O)O. The highest BCUT2D eigenvalue weighted by molar-refractivity contribution is 5.89. The standard InChI is InChI=1S/C12H19NO4/c1-13(7-8-4-2-3-5-17-8)11(14)9-6-10(9)12(15)16/h8-10H,2-7H2,1H3,(H,15,16)/t8?,9-,10+/m1/s1. The van der Waals surface area contributed by atoms with Crippen LogP contribution in [0.4, 0.5) is 0 Å². The maximum atomic E-state index is 11.9. The summed E-state index contributed by atoms with van der Waals surface area (Å²) in [4.78, 5) is 24.2. The van der Waals surface area contributed by atoms with Gasteiger partial charge in [0, 0.05) is 20.2 Å². The summed E-state index contributed by atoms with van der Waals surface area (Å²) in [7, 11) is 1.73. The molecule has 1 aliphatic carbocycles. The smallest absolute Gasteiger partial charge is 0.307 e. The maximum absolute atomic E-state index is 11.9. The summed E-state index contributed by atoms with van der Waals surface area (Å²) in [6.45, 7) is 1.36. The number of carboxylic acids is 1. The highest BCUT2D eigenvalue weighted by atomic mass is 16.5. The van der Waals surface area contributed by atoms with Gasteiger partial charge >= 0.3 is 5.97 Å². The van der Waals surface area contributed by atoms with Gasteiger partial charge in [-0.25, -0.2) is 0 Å². The average molecular weight is 241 g/mol. The fraction of sp³-hybridized carbons (Fsp3) is 0.833. The van der Waals surface area contributed by atoms with E-state index in [0.29, 0.717) is 13.0 Å². The van der Waals surface area contributed by atoms with Crippen molar-refractivity contribution in [2.24, 2.45) is 11.8 Å². The van der Waals surface area contributed by atoms with Crippen LogP contribution in [0.5, 0.6) is 0 Å². The molecule has 2 fully saturated rings. The molecule has 2 aliphatic rings. The molecule has 1 saturated carbocycles. The number of carbonyl (C=O) groups excluding carboxylic acids is 1. The molecule has 0 aromatic rings. The third-order valence-electron chi connectivity index (χ3n) is 3.55. The van der Waals surface area contributed by atoms with E-state index in [1.807, 2.05) is 0 Å². The van der Waals surface area contributed by atoms with E-state index in [0.717, 1.165) is 25.9 Å². The van der Waals surface area contributed by atoms with Gasteiger partial charge in [0.2, 0.25) is 5.91 Å². The number of ether oxygens (including phenoxy) is 1. The van der Waals surface area contributed by atoms with Crippen molar-refractivity contribution < 1.29 is 19.4 Å². The van der Waals surface area contributed by atoms with Gasteiger partial charge in [-0.1, -0.05) is 0 Å². The summed E-state index contributed by atoms with van der Waals surface area (Å²) in [6.07, 6.45) is 3.85. The molecule has 1 saturated heterocycles. The van der Waals surface area contributed by atoms with E-state index >= 15 is 0 Å². The molecule has 0 aromatic carbocycles. The summed E-state index contributed by atoms with van der Waals surface area (Å²) >= 11 is 0. The minimum Gasteiger partial charge on any atom is -0.481 e. The lowest BCUT2D eigenvalue weighted by atomic mass is 10.1. The molecule has 96 valence electrons. The minimum atomic E-state index is -0.856. The van der Waals surface area contributed by atoms with Gasteiger partial charge in [0.25, 0.3) is 0 Å². The van der Waals surface area contributed by atoms with E-state index < -0.39 is 11.9 Å². The Labute approximate surface area is 101 Å². The van der Waals surface area contributed by atoms with Crippen LogP contribution in [0.2, 0.25) is 0 Å². The zero-order chi connectivity index (χ0) is 12.4. The predicted octanol–water partition coefficient (Wildman–Crippen LogP) is 0.735. The van der Waals surface area contributed by atoms with Crippen molar-refractivity contribution in [1.29, 1.82) is 0 Å². The minimum absolute atomic E-state index is 0.0495. The van der Waals surface area contributed by atoms with Crippen LogP contribution in [0.3, 0.4) is 0 Å². The predicted molar refractivity (Wildman–Crippen MR) is 60.5 cm³/mol. The van der Waals surface area contributed by atoms with Crippen LogP contribution in [-0.2, 0) is 14.3 Å². The highest BCUT2D eigenvalue weighted by Crippen LogP contribution is 2.39. The summed E-state index contributed by atoms with van der Waals surface area (Å²) < 4.78 is 5.56. The number of hydrogen-bond acceptors (Lipinski definition) is 3. The molecule has 1 amide bonds. The van der Waals surface area contributed by atoms with Crippen LogP contribution < -0.4 is 0 Å². The van der Waals surface area contributed by atoms with E-state index in [9.17, 15) is 9.59 Å². The summed E-state index contributed by atoms with van der Waals surface area (Å²) in [5.41, 5.74) is 0. The third-order valence-corrected chi connectivity index (χ3v) is 3.55. The molecule has 1 aliphatic heterocycles. The van der Waals surface area contributed by atoms with Gasteiger partial charge < -0.3 is 14.7 Å². The second kappa shape index (κ2) is 5.04. The van der Waals surface area contributed by atoms with Crippen LogP contribution in [0.25, 0.3) is 0 Å². The number of amides is 1. The first-order chi connectivity index (χ1) is 8.09. The second-order valence-corrected chi connectivity index (χ2v) is 4.99. The fourth-order valence-electron chi connectivity index (χ4n) is 2.37. The van der Waals surface area contributed by atoms with Gasteiger partial charge in [0.1, 0.15) is 0 Å². The van der Waals surface area contributed by atoms with Crippen LogP contribution >= 0.6 is 0 Å². The van der Waals surface area contributed by atoms with Crippen molar-refractivity contribution in [2.75, 3.05) is 20.2 Å². The Hall–Kier alpha value is -1.10. The number of nitrogens with zero attached hydrogens (tertiary/aromatic N) is 1. The van der Waals surface area contributed by atoms with Crippen molar-refractivity contribution in [3.05, 3.63) is 0 Å². The van der Waals surface area contributed by atoms with E-state index in [2.05, 4.69) is 0 Å².